The van der Waals surface area contributed by atoms with Gasteiger partial charge in [0.1, 0.15) is 0 Å². The normalized spacial score (nSPS) is 14.5. The SMILES string of the molecule is CC[C@@H](CCO)CNCC(C)(C)C. The highest BCUT2D eigenvalue weighted by molar-refractivity contribution is 4.67. The van der Waals surface area contributed by atoms with Crippen molar-refractivity contribution in [3.05, 3.63) is 0 Å². The molecule has 13 heavy (non-hydrogen) atoms. The predicted octanol–water partition coefficient (Wildman–Crippen LogP) is 2.03. The molecule has 0 unspecified atom stereocenters. The lowest BCUT2D eigenvalue weighted by atomic mass is 9.96. The van der Waals surface area contributed by atoms with E-state index in [1.807, 2.05) is 0 Å². The van der Waals surface area contributed by atoms with Gasteiger partial charge in [0.15, 0.2) is 0 Å². The first-order chi connectivity index (χ1) is 5.99. The zero-order chi connectivity index (χ0) is 10.3. The Kier molecular flexibility index (Phi) is 6.35. The molecule has 2 heteroatoms. The molecular formula is C11H25NO. The second kappa shape index (κ2) is 6.39. The van der Waals surface area contributed by atoms with Gasteiger partial charge >= 0.3 is 0 Å². The molecule has 0 saturated carbocycles. The molecule has 0 amide bonds. The summed E-state index contributed by atoms with van der Waals surface area (Å²) in [5.41, 5.74) is 0.359. The van der Waals surface area contributed by atoms with E-state index in [4.69, 9.17) is 5.11 Å². The van der Waals surface area contributed by atoms with Crippen LogP contribution in [0.4, 0.5) is 0 Å². The third kappa shape index (κ3) is 8.26. The van der Waals surface area contributed by atoms with Crippen LogP contribution < -0.4 is 5.32 Å². The van der Waals surface area contributed by atoms with Crippen LogP contribution in [0.3, 0.4) is 0 Å². The molecule has 2 N–H and O–H groups in total. The average Bonchev–Trinajstić information content (AvgIpc) is 2.01. The Hall–Kier alpha value is -0.0800. The minimum atomic E-state index is 0.315. The number of aliphatic hydroxyl groups is 1. The van der Waals surface area contributed by atoms with Gasteiger partial charge in [0.05, 0.1) is 0 Å². The molecule has 0 aromatic heterocycles. The molecule has 0 spiro atoms. The fourth-order valence-corrected chi connectivity index (χ4v) is 1.28. The molecule has 0 aliphatic rings. The van der Waals surface area contributed by atoms with Crippen molar-refractivity contribution in [1.29, 1.82) is 0 Å². The van der Waals surface area contributed by atoms with Crippen molar-refractivity contribution in [3.8, 4) is 0 Å². The lowest BCUT2D eigenvalue weighted by Gasteiger charge is -2.21. The quantitative estimate of drug-likeness (QED) is 0.667. The Labute approximate surface area is 82.7 Å². The van der Waals surface area contributed by atoms with Gasteiger partial charge in [-0.3, -0.25) is 0 Å². The Morgan fingerprint density at radius 1 is 1.31 bits per heavy atom. The number of hydrogen-bond acceptors (Lipinski definition) is 2. The van der Waals surface area contributed by atoms with Crippen molar-refractivity contribution in [2.45, 2.75) is 40.5 Å². The summed E-state index contributed by atoms with van der Waals surface area (Å²) in [4.78, 5) is 0. The maximum Gasteiger partial charge on any atom is 0.0434 e. The zero-order valence-corrected chi connectivity index (χ0v) is 9.56. The lowest BCUT2D eigenvalue weighted by molar-refractivity contribution is 0.247. The number of rotatable bonds is 6. The summed E-state index contributed by atoms with van der Waals surface area (Å²) in [7, 11) is 0. The van der Waals surface area contributed by atoms with Crippen LogP contribution in [-0.2, 0) is 0 Å². The topological polar surface area (TPSA) is 32.3 Å². The van der Waals surface area contributed by atoms with Crippen LogP contribution in [-0.4, -0.2) is 24.8 Å². The van der Waals surface area contributed by atoms with Gasteiger partial charge in [-0.15, -0.1) is 0 Å². The third-order valence-electron chi connectivity index (χ3n) is 2.20. The highest BCUT2D eigenvalue weighted by atomic mass is 16.3. The first-order valence-corrected chi connectivity index (χ1v) is 5.31. The number of hydrogen-bond donors (Lipinski definition) is 2. The Morgan fingerprint density at radius 2 is 1.92 bits per heavy atom. The standard InChI is InChI=1S/C11H25NO/c1-5-10(6-7-13)8-12-9-11(2,3)4/h10,12-13H,5-9H2,1-4H3/t10-/m0/s1. The fourth-order valence-electron chi connectivity index (χ4n) is 1.28. The molecular weight excluding hydrogens is 162 g/mol. The molecule has 0 fully saturated rings. The van der Waals surface area contributed by atoms with Gasteiger partial charge in [-0.05, 0) is 30.8 Å². The van der Waals surface area contributed by atoms with Gasteiger partial charge in [0, 0.05) is 6.61 Å². The van der Waals surface area contributed by atoms with Crippen LogP contribution >= 0.6 is 0 Å². The average molecular weight is 187 g/mol. The van der Waals surface area contributed by atoms with Crippen molar-refractivity contribution in [2.75, 3.05) is 19.7 Å². The molecule has 0 aromatic rings. The van der Waals surface area contributed by atoms with E-state index in [0.29, 0.717) is 17.9 Å². The second-order valence-corrected chi connectivity index (χ2v) is 4.98. The highest BCUT2D eigenvalue weighted by Gasteiger charge is 2.11. The summed E-state index contributed by atoms with van der Waals surface area (Å²) in [5, 5.41) is 12.2. The van der Waals surface area contributed by atoms with Crippen molar-refractivity contribution in [2.24, 2.45) is 11.3 Å². The fraction of sp³-hybridized carbons (Fsp3) is 1.00. The van der Waals surface area contributed by atoms with Crippen LogP contribution in [0.2, 0.25) is 0 Å². The molecule has 0 heterocycles. The van der Waals surface area contributed by atoms with Crippen LogP contribution in [0.1, 0.15) is 40.5 Å². The summed E-state index contributed by atoms with van der Waals surface area (Å²) in [6.07, 6.45) is 2.07. The van der Waals surface area contributed by atoms with Crippen molar-refractivity contribution in [1.82, 2.24) is 5.32 Å². The molecule has 0 aliphatic carbocycles. The van der Waals surface area contributed by atoms with Gasteiger partial charge in [-0.25, -0.2) is 0 Å². The Morgan fingerprint density at radius 3 is 2.31 bits per heavy atom. The highest BCUT2D eigenvalue weighted by Crippen LogP contribution is 2.11. The van der Waals surface area contributed by atoms with Crippen LogP contribution in [0.5, 0.6) is 0 Å². The van der Waals surface area contributed by atoms with Gasteiger partial charge in [-0.1, -0.05) is 34.1 Å². The van der Waals surface area contributed by atoms with Gasteiger partial charge in [-0.2, -0.15) is 0 Å². The minimum Gasteiger partial charge on any atom is -0.396 e. The van der Waals surface area contributed by atoms with E-state index in [1.165, 1.54) is 0 Å². The van der Waals surface area contributed by atoms with Crippen LogP contribution in [0, 0.1) is 11.3 Å². The van der Waals surface area contributed by atoms with Gasteiger partial charge in [0.2, 0.25) is 0 Å². The first kappa shape index (κ1) is 12.9. The van der Waals surface area contributed by atoms with Gasteiger partial charge in [0.25, 0.3) is 0 Å². The minimum absolute atomic E-state index is 0.315. The van der Waals surface area contributed by atoms with Crippen molar-refractivity contribution in [3.63, 3.8) is 0 Å². The van der Waals surface area contributed by atoms with E-state index in [1.54, 1.807) is 0 Å². The second-order valence-electron chi connectivity index (χ2n) is 4.98. The lowest BCUT2D eigenvalue weighted by Crippen LogP contribution is -2.31. The van der Waals surface area contributed by atoms with Crippen molar-refractivity contribution < 1.29 is 5.11 Å². The summed E-state index contributed by atoms with van der Waals surface area (Å²) in [6.45, 7) is 11.3. The van der Waals surface area contributed by atoms with Gasteiger partial charge < -0.3 is 10.4 Å². The van der Waals surface area contributed by atoms with E-state index in [-0.39, 0.29) is 0 Å². The van der Waals surface area contributed by atoms with Crippen molar-refractivity contribution >= 4 is 0 Å². The van der Waals surface area contributed by atoms with E-state index in [9.17, 15) is 0 Å². The molecule has 0 bridgehead atoms. The molecule has 0 rings (SSSR count). The molecule has 0 radical (unpaired) electrons. The summed E-state index contributed by atoms with van der Waals surface area (Å²) < 4.78 is 0. The van der Waals surface area contributed by atoms with E-state index >= 15 is 0 Å². The molecule has 0 aromatic carbocycles. The van der Waals surface area contributed by atoms with Crippen LogP contribution in [0.15, 0.2) is 0 Å². The monoisotopic (exact) mass is 187 g/mol. The zero-order valence-electron chi connectivity index (χ0n) is 9.56. The molecule has 1 atom stereocenters. The molecule has 2 nitrogen and oxygen atoms in total. The predicted molar refractivity (Wildman–Crippen MR) is 57.8 cm³/mol. The van der Waals surface area contributed by atoms with E-state index in [0.717, 1.165) is 25.9 Å². The van der Waals surface area contributed by atoms with E-state index in [2.05, 4.69) is 33.0 Å². The smallest absolute Gasteiger partial charge is 0.0434 e. The van der Waals surface area contributed by atoms with Crippen LogP contribution in [0.25, 0.3) is 0 Å². The molecule has 0 aliphatic heterocycles. The molecule has 80 valence electrons. The maximum atomic E-state index is 8.80. The molecule has 0 saturated heterocycles. The number of aliphatic hydroxyl groups excluding tert-OH is 1. The Bertz CT molecular complexity index is 118. The first-order valence-electron chi connectivity index (χ1n) is 5.31. The third-order valence-corrected chi connectivity index (χ3v) is 2.20. The summed E-state index contributed by atoms with van der Waals surface area (Å²) >= 11 is 0. The summed E-state index contributed by atoms with van der Waals surface area (Å²) in [6, 6.07) is 0. The van der Waals surface area contributed by atoms with E-state index < -0.39 is 0 Å². The largest absolute Gasteiger partial charge is 0.396 e. The number of nitrogens with one attached hydrogen (secondary N) is 1. The maximum absolute atomic E-state index is 8.80. The Balaban J connectivity index is 3.49. The summed E-state index contributed by atoms with van der Waals surface area (Å²) in [5.74, 6) is 0.632.